The molecule has 2 unspecified atom stereocenters. The van der Waals surface area contributed by atoms with Crippen LogP contribution in [0.4, 0.5) is 4.39 Å². The second-order valence-corrected chi connectivity index (χ2v) is 6.27. The first kappa shape index (κ1) is 13.4. The zero-order valence-corrected chi connectivity index (χ0v) is 12.1. The van der Waals surface area contributed by atoms with Gasteiger partial charge < -0.3 is 0 Å². The number of alkyl halides is 1. The van der Waals surface area contributed by atoms with Crippen molar-refractivity contribution in [2.45, 2.75) is 43.9 Å². The van der Waals surface area contributed by atoms with Crippen LogP contribution in [0.2, 0.25) is 0 Å². The van der Waals surface area contributed by atoms with E-state index in [2.05, 4.69) is 15.9 Å². The molecule has 0 bridgehead atoms. The number of benzene rings is 1. The largest absolute Gasteiger partial charge is 0.207 e. The predicted octanol–water partition coefficient (Wildman–Crippen LogP) is 5.32. The maximum Gasteiger partial charge on any atom is 0.123 e. The third kappa shape index (κ3) is 3.69. The van der Waals surface area contributed by atoms with Crippen molar-refractivity contribution in [2.24, 2.45) is 5.92 Å². The molecule has 0 aromatic heterocycles. The van der Waals surface area contributed by atoms with Gasteiger partial charge in [-0.1, -0.05) is 35.2 Å². The van der Waals surface area contributed by atoms with Crippen LogP contribution >= 0.6 is 27.5 Å². The highest BCUT2D eigenvalue weighted by Crippen LogP contribution is 2.32. The molecular formula is C14H17BrClF. The van der Waals surface area contributed by atoms with Gasteiger partial charge in [-0.2, -0.15) is 0 Å². The van der Waals surface area contributed by atoms with Gasteiger partial charge in [0.25, 0.3) is 0 Å². The average Bonchev–Trinajstić information content (AvgIpc) is 2.50. The fourth-order valence-electron chi connectivity index (χ4n) is 2.55. The van der Waals surface area contributed by atoms with Gasteiger partial charge in [0.15, 0.2) is 0 Å². The Bertz CT molecular complexity index is 380. The van der Waals surface area contributed by atoms with Gasteiger partial charge in [0, 0.05) is 9.85 Å². The van der Waals surface area contributed by atoms with E-state index in [0.29, 0.717) is 5.92 Å². The van der Waals surface area contributed by atoms with E-state index in [1.807, 2.05) is 0 Å². The second kappa shape index (κ2) is 6.19. The van der Waals surface area contributed by atoms with E-state index in [1.54, 1.807) is 12.1 Å². The van der Waals surface area contributed by atoms with E-state index in [-0.39, 0.29) is 11.2 Å². The van der Waals surface area contributed by atoms with Crippen molar-refractivity contribution in [1.29, 1.82) is 0 Å². The highest BCUT2D eigenvalue weighted by molar-refractivity contribution is 9.10. The summed E-state index contributed by atoms with van der Waals surface area (Å²) >= 11 is 9.91. The highest BCUT2D eigenvalue weighted by atomic mass is 79.9. The van der Waals surface area contributed by atoms with Crippen molar-refractivity contribution in [2.75, 3.05) is 0 Å². The van der Waals surface area contributed by atoms with E-state index in [1.165, 1.54) is 25.3 Å². The highest BCUT2D eigenvalue weighted by Gasteiger charge is 2.22. The summed E-state index contributed by atoms with van der Waals surface area (Å²) in [5, 5.41) is 0.243. The van der Waals surface area contributed by atoms with Crippen LogP contribution in [0.1, 0.15) is 37.7 Å². The Labute approximate surface area is 116 Å². The first-order chi connectivity index (χ1) is 8.16. The molecule has 1 aliphatic rings. The molecular weight excluding hydrogens is 303 g/mol. The van der Waals surface area contributed by atoms with Crippen molar-refractivity contribution in [3.8, 4) is 0 Å². The summed E-state index contributed by atoms with van der Waals surface area (Å²) in [6.07, 6.45) is 6.91. The molecule has 2 rings (SSSR count). The monoisotopic (exact) mass is 318 g/mol. The summed E-state index contributed by atoms with van der Waals surface area (Å²) in [6.45, 7) is 0. The Hall–Kier alpha value is -0.0800. The Balaban J connectivity index is 2.10. The third-order valence-electron chi connectivity index (χ3n) is 3.56. The molecule has 1 aromatic carbocycles. The first-order valence-corrected chi connectivity index (χ1v) is 7.48. The van der Waals surface area contributed by atoms with E-state index in [9.17, 15) is 4.39 Å². The van der Waals surface area contributed by atoms with Crippen LogP contribution in [-0.2, 0) is 6.42 Å². The SMILES string of the molecule is Fc1ccc(Br)c(CC2CCCCCC2Cl)c1. The van der Waals surface area contributed by atoms with Crippen molar-refractivity contribution in [3.63, 3.8) is 0 Å². The number of halogens is 3. The summed E-state index contributed by atoms with van der Waals surface area (Å²) in [7, 11) is 0. The van der Waals surface area contributed by atoms with E-state index in [0.717, 1.165) is 29.3 Å². The Morgan fingerprint density at radius 2 is 2.00 bits per heavy atom. The lowest BCUT2D eigenvalue weighted by molar-refractivity contribution is 0.463. The molecule has 0 radical (unpaired) electrons. The molecule has 0 heterocycles. The van der Waals surface area contributed by atoms with Crippen LogP contribution in [-0.4, -0.2) is 5.38 Å². The van der Waals surface area contributed by atoms with Crippen molar-refractivity contribution in [3.05, 3.63) is 34.1 Å². The average molecular weight is 320 g/mol. The van der Waals surface area contributed by atoms with Crippen LogP contribution in [0.3, 0.4) is 0 Å². The smallest absolute Gasteiger partial charge is 0.123 e. The van der Waals surface area contributed by atoms with Crippen molar-refractivity contribution >= 4 is 27.5 Å². The van der Waals surface area contributed by atoms with Gasteiger partial charge in [-0.25, -0.2) is 4.39 Å². The van der Waals surface area contributed by atoms with Crippen molar-refractivity contribution in [1.82, 2.24) is 0 Å². The lowest BCUT2D eigenvalue weighted by atomic mass is 9.92. The summed E-state index contributed by atoms with van der Waals surface area (Å²) < 4.78 is 14.2. The van der Waals surface area contributed by atoms with Gasteiger partial charge >= 0.3 is 0 Å². The third-order valence-corrected chi connectivity index (χ3v) is 4.90. The topological polar surface area (TPSA) is 0 Å². The molecule has 3 heteroatoms. The van der Waals surface area contributed by atoms with Gasteiger partial charge in [-0.05, 0) is 48.9 Å². The predicted molar refractivity (Wildman–Crippen MR) is 74.0 cm³/mol. The number of hydrogen-bond donors (Lipinski definition) is 0. The maximum atomic E-state index is 13.2. The zero-order chi connectivity index (χ0) is 12.3. The first-order valence-electron chi connectivity index (χ1n) is 6.25. The van der Waals surface area contributed by atoms with Gasteiger partial charge in [-0.15, -0.1) is 11.6 Å². The van der Waals surface area contributed by atoms with Crippen LogP contribution in [0, 0.1) is 11.7 Å². The van der Waals surface area contributed by atoms with Crippen LogP contribution in [0.25, 0.3) is 0 Å². The van der Waals surface area contributed by atoms with Crippen LogP contribution in [0.5, 0.6) is 0 Å². The zero-order valence-electron chi connectivity index (χ0n) is 9.76. The maximum absolute atomic E-state index is 13.2. The summed E-state index contributed by atoms with van der Waals surface area (Å²) in [5.41, 5.74) is 1.04. The van der Waals surface area contributed by atoms with Gasteiger partial charge in [0.1, 0.15) is 5.82 Å². The van der Waals surface area contributed by atoms with Crippen LogP contribution in [0.15, 0.2) is 22.7 Å². The molecule has 0 N–H and O–H groups in total. The summed E-state index contributed by atoms with van der Waals surface area (Å²) in [6, 6.07) is 4.89. The molecule has 0 nitrogen and oxygen atoms in total. The lowest BCUT2D eigenvalue weighted by Gasteiger charge is -2.20. The van der Waals surface area contributed by atoms with Crippen LogP contribution < -0.4 is 0 Å². The molecule has 0 amide bonds. The minimum Gasteiger partial charge on any atom is -0.207 e. The van der Waals surface area contributed by atoms with E-state index in [4.69, 9.17) is 11.6 Å². The molecule has 0 aliphatic heterocycles. The fraction of sp³-hybridized carbons (Fsp3) is 0.571. The molecule has 17 heavy (non-hydrogen) atoms. The van der Waals surface area contributed by atoms with Gasteiger partial charge in [0.2, 0.25) is 0 Å². The molecule has 1 aromatic rings. The number of rotatable bonds is 2. The van der Waals surface area contributed by atoms with Gasteiger partial charge in [-0.3, -0.25) is 0 Å². The summed E-state index contributed by atoms with van der Waals surface area (Å²) in [4.78, 5) is 0. The molecule has 94 valence electrons. The Morgan fingerprint density at radius 1 is 1.24 bits per heavy atom. The number of hydrogen-bond acceptors (Lipinski definition) is 0. The molecule has 2 atom stereocenters. The summed E-state index contributed by atoms with van der Waals surface area (Å²) in [5.74, 6) is 0.320. The lowest BCUT2D eigenvalue weighted by Crippen LogP contribution is -2.16. The molecule has 1 aliphatic carbocycles. The normalized spacial score (nSPS) is 25.6. The van der Waals surface area contributed by atoms with E-state index >= 15 is 0 Å². The molecule has 1 fully saturated rings. The molecule has 0 saturated heterocycles. The minimum atomic E-state index is -0.164. The quantitative estimate of drug-likeness (QED) is 0.511. The molecule has 1 saturated carbocycles. The minimum absolute atomic E-state index is 0.164. The van der Waals surface area contributed by atoms with E-state index < -0.39 is 0 Å². The fourth-order valence-corrected chi connectivity index (χ4v) is 3.33. The molecule has 0 spiro atoms. The van der Waals surface area contributed by atoms with Gasteiger partial charge in [0.05, 0.1) is 0 Å². The standard InChI is InChI=1S/C14H17BrClF/c15-13-7-6-12(17)9-11(13)8-10-4-2-1-3-5-14(10)16/h6-7,9-10,14H,1-5,8H2. The Morgan fingerprint density at radius 3 is 2.82 bits per heavy atom. The Kier molecular flexibility index (Phi) is 4.87. The van der Waals surface area contributed by atoms with Crippen molar-refractivity contribution < 1.29 is 4.39 Å². The second-order valence-electron chi connectivity index (χ2n) is 4.85.